The lowest BCUT2D eigenvalue weighted by Crippen LogP contribution is -2.16. The molecule has 2 nitrogen and oxygen atoms in total. The number of anilines is 1. The first-order valence-corrected chi connectivity index (χ1v) is 7.37. The zero-order chi connectivity index (χ0) is 13.9. The van der Waals surface area contributed by atoms with E-state index in [1.165, 1.54) is 47.2 Å². The topological polar surface area (TPSA) is 29.3 Å². The molecule has 0 aliphatic heterocycles. The van der Waals surface area contributed by atoms with E-state index in [-0.39, 0.29) is 0 Å². The largest absolute Gasteiger partial charge is 0.370 e. The highest BCUT2D eigenvalue weighted by Gasteiger charge is 2.12. The second-order valence-corrected chi connectivity index (χ2v) is 5.69. The van der Waals surface area contributed by atoms with Gasteiger partial charge in [-0.05, 0) is 53.6 Å². The Hall–Kier alpha value is -1.80. The summed E-state index contributed by atoms with van der Waals surface area (Å²) in [5.74, 6) is 0. The van der Waals surface area contributed by atoms with Crippen molar-refractivity contribution in [2.75, 3.05) is 11.9 Å². The Balaban J connectivity index is 1.77. The van der Waals surface area contributed by atoms with Crippen LogP contribution in [-0.4, -0.2) is 7.05 Å². The molecular formula is C18H22N2. The summed E-state index contributed by atoms with van der Waals surface area (Å²) < 4.78 is 0. The minimum Gasteiger partial charge on any atom is -0.370 e. The van der Waals surface area contributed by atoms with E-state index in [0.29, 0.717) is 6.54 Å². The Labute approximate surface area is 121 Å². The monoisotopic (exact) mass is 266 g/mol. The van der Waals surface area contributed by atoms with Gasteiger partial charge >= 0.3 is 0 Å². The third kappa shape index (κ3) is 2.70. The van der Waals surface area contributed by atoms with Crippen molar-refractivity contribution in [1.82, 2.24) is 0 Å². The number of benzene rings is 2. The van der Waals surface area contributed by atoms with Crippen LogP contribution >= 0.6 is 0 Å². The lowest BCUT2D eigenvalue weighted by atomic mass is 10.1. The molecule has 2 aromatic rings. The summed E-state index contributed by atoms with van der Waals surface area (Å²) in [5, 5.41) is 0. The van der Waals surface area contributed by atoms with Crippen LogP contribution in [0, 0.1) is 0 Å². The first kappa shape index (κ1) is 13.2. The molecule has 0 fully saturated rings. The fourth-order valence-corrected chi connectivity index (χ4v) is 3.02. The Morgan fingerprint density at radius 2 is 1.80 bits per heavy atom. The van der Waals surface area contributed by atoms with Gasteiger partial charge in [-0.15, -0.1) is 0 Å². The predicted octanol–water partition coefficient (Wildman–Crippen LogP) is 3.27. The zero-order valence-electron chi connectivity index (χ0n) is 12.1. The number of aryl methyl sites for hydroxylation is 2. The summed E-state index contributed by atoms with van der Waals surface area (Å²) >= 11 is 0. The van der Waals surface area contributed by atoms with Gasteiger partial charge in [0.25, 0.3) is 0 Å². The molecule has 2 heteroatoms. The third-order valence-electron chi connectivity index (χ3n) is 4.17. The number of hydrogen-bond acceptors (Lipinski definition) is 2. The van der Waals surface area contributed by atoms with Gasteiger partial charge in [-0.2, -0.15) is 0 Å². The fourth-order valence-electron chi connectivity index (χ4n) is 3.02. The molecular weight excluding hydrogens is 244 g/mol. The molecule has 0 bridgehead atoms. The molecule has 20 heavy (non-hydrogen) atoms. The van der Waals surface area contributed by atoms with Crippen molar-refractivity contribution >= 4 is 5.69 Å². The number of nitrogens with two attached hydrogens (primary N) is 1. The van der Waals surface area contributed by atoms with Crippen molar-refractivity contribution in [3.63, 3.8) is 0 Å². The summed E-state index contributed by atoms with van der Waals surface area (Å²) in [6, 6.07) is 15.4. The van der Waals surface area contributed by atoms with Gasteiger partial charge < -0.3 is 10.6 Å². The smallest absolute Gasteiger partial charge is 0.0426 e. The van der Waals surface area contributed by atoms with Gasteiger partial charge in [-0.1, -0.05) is 30.3 Å². The van der Waals surface area contributed by atoms with Gasteiger partial charge in [0.05, 0.1) is 0 Å². The van der Waals surface area contributed by atoms with Crippen LogP contribution in [-0.2, 0) is 25.9 Å². The molecule has 3 rings (SSSR count). The maximum absolute atomic E-state index is 5.71. The minimum absolute atomic E-state index is 0.608. The highest BCUT2D eigenvalue weighted by molar-refractivity contribution is 5.52. The molecule has 0 atom stereocenters. The molecule has 2 aromatic carbocycles. The first-order valence-electron chi connectivity index (χ1n) is 7.37. The van der Waals surface area contributed by atoms with E-state index in [1.54, 1.807) is 0 Å². The van der Waals surface area contributed by atoms with Crippen molar-refractivity contribution in [3.05, 3.63) is 64.7 Å². The van der Waals surface area contributed by atoms with E-state index >= 15 is 0 Å². The molecule has 0 heterocycles. The number of nitrogens with zero attached hydrogens (tertiary/aromatic N) is 1. The van der Waals surface area contributed by atoms with Crippen molar-refractivity contribution in [2.45, 2.75) is 32.4 Å². The maximum atomic E-state index is 5.71. The van der Waals surface area contributed by atoms with Gasteiger partial charge in [0.2, 0.25) is 0 Å². The Morgan fingerprint density at radius 1 is 1.00 bits per heavy atom. The summed E-state index contributed by atoms with van der Waals surface area (Å²) in [6.45, 7) is 1.53. The Kier molecular flexibility index (Phi) is 3.75. The summed E-state index contributed by atoms with van der Waals surface area (Å²) in [6.07, 6.45) is 3.79. The van der Waals surface area contributed by atoms with Gasteiger partial charge in [-0.3, -0.25) is 0 Å². The van der Waals surface area contributed by atoms with Crippen LogP contribution in [0.1, 0.15) is 28.7 Å². The molecule has 2 N–H and O–H groups in total. The van der Waals surface area contributed by atoms with Crippen LogP contribution in [0.4, 0.5) is 5.69 Å². The lowest BCUT2D eigenvalue weighted by molar-refractivity contribution is 0.907. The molecule has 0 saturated heterocycles. The molecule has 1 aliphatic rings. The van der Waals surface area contributed by atoms with E-state index in [2.05, 4.69) is 54.4 Å². The Bertz CT molecular complexity index is 604. The number of rotatable bonds is 4. The minimum atomic E-state index is 0.608. The highest BCUT2D eigenvalue weighted by atomic mass is 15.1. The zero-order valence-corrected chi connectivity index (χ0v) is 12.1. The van der Waals surface area contributed by atoms with Crippen LogP contribution in [0.15, 0.2) is 42.5 Å². The lowest BCUT2D eigenvalue weighted by Gasteiger charge is -2.20. The summed E-state index contributed by atoms with van der Waals surface area (Å²) in [7, 11) is 2.16. The van der Waals surface area contributed by atoms with E-state index in [1.807, 2.05) is 0 Å². The molecule has 0 amide bonds. The average Bonchev–Trinajstić information content (AvgIpc) is 2.94. The number of fused-ring (bicyclic) bond motifs is 1. The van der Waals surface area contributed by atoms with Gasteiger partial charge in [-0.25, -0.2) is 0 Å². The van der Waals surface area contributed by atoms with Crippen LogP contribution in [0.3, 0.4) is 0 Å². The van der Waals surface area contributed by atoms with Gasteiger partial charge in [0.15, 0.2) is 0 Å². The Morgan fingerprint density at radius 3 is 2.65 bits per heavy atom. The first-order chi connectivity index (χ1) is 9.76. The average molecular weight is 266 g/mol. The molecule has 104 valence electrons. The molecule has 0 aromatic heterocycles. The molecule has 0 unspecified atom stereocenters. The van der Waals surface area contributed by atoms with Crippen molar-refractivity contribution in [2.24, 2.45) is 5.73 Å². The highest BCUT2D eigenvalue weighted by Crippen LogP contribution is 2.27. The maximum Gasteiger partial charge on any atom is 0.0426 e. The summed E-state index contributed by atoms with van der Waals surface area (Å²) in [4.78, 5) is 2.31. The number of hydrogen-bond donors (Lipinski definition) is 1. The standard InChI is InChI=1S/C18H22N2/c1-20(13-15-5-2-4-14(10-15)12-19)18-9-8-16-6-3-7-17(16)11-18/h2,4-5,8-11H,3,6-7,12-13,19H2,1H3. The molecule has 0 saturated carbocycles. The quantitative estimate of drug-likeness (QED) is 0.920. The van der Waals surface area contributed by atoms with Crippen LogP contribution in [0.5, 0.6) is 0 Å². The van der Waals surface area contributed by atoms with Crippen LogP contribution < -0.4 is 10.6 Å². The SMILES string of the molecule is CN(Cc1cccc(CN)c1)c1ccc2c(c1)CCC2. The predicted molar refractivity (Wildman–Crippen MR) is 84.9 cm³/mol. The van der Waals surface area contributed by atoms with Crippen molar-refractivity contribution in [3.8, 4) is 0 Å². The third-order valence-corrected chi connectivity index (χ3v) is 4.17. The molecule has 1 aliphatic carbocycles. The van der Waals surface area contributed by atoms with Crippen molar-refractivity contribution < 1.29 is 0 Å². The second-order valence-electron chi connectivity index (χ2n) is 5.69. The normalized spacial score (nSPS) is 13.3. The van der Waals surface area contributed by atoms with Gasteiger partial charge in [0.1, 0.15) is 0 Å². The second kappa shape index (κ2) is 5.68. The van der Waals surface area contributed by atoms with Gasteiger partial charge in [0, 0.05) is 25.8 Å². The van der Waals surface area contributed by atoms with Crippen LogP contribution in [0.25, 0.3) is 0 Å². The fraction of sp³-hybridized carbons (Fsp3) is 0.333. The summed E-state index contributed by atoms with van der Waals surface area (Å²) in [5.41, 5.74) is 12.6. The van der Waals surface area contributed by atoms with E-state index in [0.717, 1.165) is 6.54 Å². The van der Waals surface area contributed by atoms with Crippen molar-refractivity contribution in [1.29, 1.82) is 0 Å². The molecule has 0 spiro atoms. The van der Waals surface area contributed by atoms with E-state index in [4.69, 9.17) is 5.73 Å². The van der Waals surface area contributed by atoms with E-state index < -0.39 is 0 Å². The van der Waals surface area contributed by atoms with E-state index in [9.17, 15) is 0 Å². The van der Waals surface area contributed by atoms with Crippen LogP contribution in [0.2, 0.25) is 0 Å². The molecule has 0 radical (unpaired) electrons.